The summed E-state index contributed by atoms with van der Waals surface area (Å²) >= 11 is 0. The first-order chi connectivity index (χ1) is 14.5. The fourth-order valence-electron chi connectivity index (χ4n) is 3.96. The standard InChI is InChI=1S/C20H31N3O7S/c1-13-8-15(27-5)9-14(2)19(13)31(25,26)11-18-28-23(30-29-18)10-17(24)22-16-6-7-21-12-20(16,3)4/h8-9,16,18,21H,6-7,10-12H2,1-5H3,(H,22,24). The molecule has 2 aliphatic rings. The minimum absolute atomic E-state index is 0.0157. The zero-order chi connectivity index (χ0) is 22.8. The van der Waals surface area contributed by atoms with E-state index >= 15 is 0 Å². The average Bonchev–Trinajstić information content (AvgIpc) is 3.08. The van der Waals surface area contributed by atoms with Crippen molar-refractivity contribution >= 4 is 15.7 Å². The van der Waals surface area contributed by atoms with Crippen LogP contribution in [-0.2, 0) is 29.3 Å². The summed E-state index contributed by atoms with van der Waals surface area (Å²) in [7, 11) is -2.22. The van der Waals surface area contributed by atoms with Crippen LogP contribution in [0.3, 0.4) is 0 Å². The summed E-state index contributed by atoms with van der Waals surface area (Å²) in [6.45, 7) is 8.97. The first-order valence-corrected chi connectivity index (χ1v) is 11.8. The molecule has 31 heavy (non-hydrogen) atoms. The molecule has 11 heteroatoms. The van der Waals surface area contributed by atoms with Gasteiger partial charge in [-0.3, -0.25) is 4.79 Å². The van der Waals surface area contributed by atoms with Crippen LogP contribution in [0.4, 0.5) is 0 Å². The van der Waals surface area contributed by atoms with Crippen molar-refractivity contribution in [2.45, 2.75) is 51.3 Å². The number of benzene rings is 1. The lowest BCUT2D eigenvalue weighted by Gasteiger charge is -2.39. The molecule has 2 unspecified atom stereocenters. The lowest BCUT2D eigenvalue weighted by atomic mass is 9.80. The highest BCUT2D eigenvalue weighted by Crippen LogP contribution is 2.28. The van der Waals surface area contributed by atoms with E-state index in [4.69, 9.17) is 19.5 Å². The van der Waals surface area contributed by atoms with E-state index in [9.17, 15) is 13.2 Å². The predicted molar refractivity (Wildman–Crippen MR) is 111 cm³/mol. The Balaban J connectivity index is 1.57. The Hall–Kier alpha value is -1.76. The van der Waals surface area contributed by atoms with Gasteiger partial charge in [0.2, 0.25) is 12.2 Å². The second-order valence-electron chi connectivity index (χ2n) is 8.64. The smallest absolute Gasteiger partial charge is 0.239 e. The van der Waals surface area contributed by atoms with Crippen LogP contribution >= 0.6 is 0 Å². The lowest BCUT2D eigenvalue weighted by molar-refractivity contribution is -0.409. The average molecular weight is 458 g/mol. The van der Waals surface area contributed by atoms with Gasteiger partial charge in [-0.1, -0.05) is 13.8 Å². The number of aryl methyl sites for hydroxylation is 2. The normalized spacial score (nSPS) is 24.2. The van der Waals surface area contributed by atoms with Gasteiger partial charge in [0, 0.05) is 12.6 Å². The van der Waals surface area contributed by atoms with Crippen molar-refractivity contribution in [2.24, 2.45) is 5.41 Å². The number of amides is 1. The third kappa shape index (κ3) is 5.73. The molecule has 2 saturated heterocycles. The molecule has 1 aromatic rings. The van der Waals surface area contributed by atoms with Gasteiger partial charge in [0.25, 0.3) is 0 Å². The van der Waals surface area contributed by atoms with E-state index in [0.29, 0.717) is 16.9 Å². The van der Waals surface area contributed by atoms with Crippen molar-refractivity contribution in [3.05, 3.63) is 23.3 Å². The van der Waals surface area contributed by atoms with Crippen LogP contribution in [0.1, 0.15) is 31.4 Å². The summed E-state index contributed by atoms with van der Waals surface area (Å²) in [4.78, 5) is 27.9. The van der Waals surface area contributed by atoms with E-state index in [1.54, 1.807) is 26.0 Å². The van der Waals surface area contributed by atoms with Crippen LogP contribution in [0.2, 0.25) is 0 Å². The van der Waals surface area contributed by atoms with E-state index in [2.05, 4.69) is 24.5 Å². The zero-order valence-electron chi connectivity index (χ0n) is 18.6. The fourth-order valence-corrected chi connectivity index (χ4v) is 5.70. The largest absolute Gasteiger partial charge is 0.497 e. The Kier molecular flexibility index (Phi) is 7.24. The molecule has 3 rings (SSSR count). The number of piperidine rings is 1. The molecule has 0 radical (unpaired) electrons. The molecule has 0 aromatic heterocycles. The molecule has 2 fully saturated rings. The van der Waals surface area contributed by atoms with Crippen LogP contribution < -0.4 is 15.4 Å². The van der Waals surface area contributed by atoms with E-state index < -0.39 is 21.9 Å². The van der Waals surface area contributed by atoms with Gasteiger partial charge < -0.3 is 15.4 Å². The second-order valence-corrected chi connectivity index (χ2v) is 10.6. The Morgan fingerprint density at radius 2 is 2.00 bits per heavy atom. The van der Waals surface area contributed by atoms with Crippen LogP contribution in [-0.4, -0.2) is 64.4 Å². The van der Waals surface area contributed by atoms with Crippen molar-refractivity contribution < 1.29 is 32.7 Å². The summed E-state index contributed by atoms with van der Waals surface area (Å²) in [6.07, 6.45) is -0.368. The minimum Gasteiger partial charge on any atom is -0.497 e. The number of hydrogen-bond donors (Lipinski definition) is 2. The molecule has 0 bridgehead atoms. The van der Waals surface area contributed by atoms with Gasteiger partial charge >= 0.3 is 0 Å². The molecular weight excluding hydrogens is 426 g/mol. The molecule has 2 heterocycles. The minimum atomic E-state index is -3.74. The van der Waals surface area contributed by atoms with Crippen molar-refractivity contribution in [1.82, 2.24) is 15.9 Å². The molecule has 1 aromatic carbocycles. The van der Waals surface area contributed by atoms with E-state index in [1.165, 1.54) is 7.11 Å². The molecule has 0 spiro atoms. The molecule has 10 nitrogen and oxygen atoms in total. The quantitative estimate of drug-likeness (QED) is 0.579. The Morgan fingerprint density at radius 1 is 1.32 bits per heavy atom. The van der Waals surface area contributed by atoms with Gasteiger partial charge in [0.15, 0.2) is 9.84 Å². The molecule has 0 saturated carbocycles. The van der Waals surface area contributed by atoms with Gasteiger partial charge in [0.1, 0.15) is 18.0 Å². The first-order valence-electron chi connectivity index (χ1n) is 10.2. The number of carbonyl (C=O) groups excluding carboxylic acids is 1. The van der Waals surface area contributed by atoms with Gasteiger partial charge in [-0.15, -0.1) is 4.99 Å². The molecule has 2 atom stereocenters. The second kappa shape index (κ2) is 9.39. The molecule has 0 aliphatic carbocycles. The van der Waals surface area contributed by atoms with Gasteiger partial charge in [-0.25, -0.2) is 13.3 Å². The number of nitrogens with one attached hydrogen (secondary N) is 2. The Labute approximate surface area is 182 Å². The highest BCUT2D eigenvalue weighted by Gasteiger charge is 2.37. The van der Waals surface area contributed by atoms with Crippen molar-refractivity contribution in [3.63, 3.8) is 0 Å². The molecule has 2 aliphatic heterocycles. The maximum atomic E-state index is 12.9. The van der Waals surface area contributed by atoms with E-state index in [0.717, 1.165) is 24.7 Å². The number of hydroxylamine groups is 2. The first kappa shape index (κ1) is 23.9. The lowest BCUT2D eigenvalue weighted by Crippen LogP contribution is -2.55. The zero-order valence-corrected chi connectivity index (χ0v) is 19.4. The summed E-state index contributed by atoms with van der Waals surface area (Å²) in [5.74, 6) is -0.172. The summed E-state index contributed by atoms with van der Waals surface area (Å²) in [5, 5.41) is 7.15. The van der Waals surface area contributed by atoms with Crippen LogP contribution in [0.5, 0.6) is 5.75 Å². The fraction of sp³-hybridized carbons (Fsp3) is 0.650. The van der Waals surface area contributed by atoms with Gasteiger partial charge in [0.05, 0.1) is 12.0 Å². The van der Waals surface area contributed by atoms with Gasteiger partial charge in [-0.2, -0.15) is 4.89 Å². The number of nitrogens with zero attached hydrogens (tertiary/aromatic N) is 1. The monoisotopic (exact) mass is 457 g/mol. The predicted octanol–water partition coefficient (Wildman–Crippen LogP) is 1.03. The third-order valence-electron chi connectivity index (χ3n) is 5.55. The Morgan fingerprint density at radius 3 is 2.61 bits per heavy atom. The van der Waals surface area contributed by atoms with Crippen molar-refractivity contribution in [3.8, 4) is 5.75 Å². The Bertz CT molecular complexity index is 896. The number of methoxy groups -OCH3 is 1. The number of carbonyl (C=O) groups is 1. The molecule has 2 N–H and O–H groups in total. The van der Waals surface area contributed by atoms with Crippen LogP contribution in [0, 0.1) is 19.3 Å². The van der Waals surface area contributed by atoms with E-state index in [-0.39, 0.29) is 28.8 Å². The molecule has 174 valence electrons. The van der Waals surface area contributed by atoms with Crippen molar-refractivity contribution in [2.75, 3.05) is 32.5 Å². The molecule has 1 amide bonds. The topological polar surface area (TPSA) is 115 Å². The summed E-state index contributed by atoms with van der Waals surface area (Å²) < 4.78 is 31.0. The van der Waals surface area contributed by atoms with Crippen LogP contribution in [0.25, 0.3) is 0 Å². The number of sulfone groups is 1. The molecular formula is C20H31N3O7S. The van der Waals surface area contributed by atoms with Crippen LogP contribution in [0.15, 0.2) is 17.0 Å². The van der Waals surface area contributed by atoms with Gasteiger partial charge in [-0.05, 0) is 60.7 Å². The highest BCUT2D eigenvalue weighted by molar-refractivity contribution is 7.91. The highest BCUT2D eigenvalue weighted by atomic mass is 32.2. The number of ether oxygens (including phenoxy) is 1. The van der Waals surface area contributed by atoms with Crippen molar-refractivity contribution in [1.29, 1.82) is 0 Å². The maximum absolute atomic E-state index is 12.9. The summed E-state index contributed by atoms with van der Waals surface area (Å²) in [6, 6.07) is 3.33. The SMILES string of the molecule is COc1cc(C)c(S(=O)(=O)CC2OON(CC(=O)NC3CCNCC3(C)C)O2)c(C)c1. The number of hydrogen-bond acceptors (Lipinski definition) is 9. The number of rotatable bonds is 7. The summed E-state index contributed by atoms with van der Waals surface area (Å²) in [5.41, 5.74) is 1.05. The van der Waals surface area contributed by atoms with E-state index in [1.807, 2.05) is 0 Å². The maximum Gasteiger partial charge on any atom is 0.239 e. The third-order valence-corrected chi connectivity index (χ3v) is 7.52.